The molecule has 0 unspecified atom stereocenters. The average molecular weight is 313 g/mol. The molecule has 0 aliphatic carbocycles. The first-order valence-electron chi connectivity index (χ1n) is 7.26. The summed E-state index contributed by atoms with van der Waals surface area (Å²) in [5, 5.41) is 3.61. The van der Waals surface area contributed by atoms with Crippen LogP contribution in [0.4, 0.5) is 4.39 Å². The second-order valence-electron chi connectivity index (χ2n) is 5.12. The topological polar surface area (TPSA) is 51.5 Å². The molecule has 0 bridgehead atoms. The van der Waals surface area contributed by atoms with Crippen LogP contribution >= 0.6 is 0 Å². The van der Waals surface area contributed by atoms with Crippen LogP contribution in [0.1, 0.15) is 16.1 Å². The predicted molar refractivity (Wildman–Crippen MR) is 85.2 cm³/mol. The van der Waals surface area contributed by atoms with Gasteiger partial charge in [0.1, 0.15) is 5.82 Å². The van der Waals surface area contributed by atoms with Gasteiger partial charge in [0, 0.05) is 11.9 Å². The Labute approximate surface area is 132 Å². The van der Waals surface area contributed by atoms with Crippen LogP contribution in [0.15, 0.2) is 52.9 Å². The van der Waals surface area contributed by atoms with Crippen molar-refractivity contribution in [3.8, 4) is 5.75 Å². The van der Waals surface area contributed by atoms with E-state index in [0.29, 0.717) is 24.3 Å². The van der Waals surface area contributed by atoms with E-state index in [1.54, 1.807) is 31.4 Å². The third-order valence-corrected chi connectivity index (χ3v) is 3.56. The van der Waals surface area contributed by atoms with Gasteiger partial charge in [-0.25, -0.2) is 4.39 Å². The molecule has 3 aromatic rings. The normalized spacial score (nSPS) is 10.7. The van der Waals surface area contributed by atoms with Gasteiger partial charge in [0.05, 0.1) is 7.11 Å². The largest absolute Gasteiger partial charge is 0.493 e. The van der Waals surface area contributed by atoms with E-state index in [0.717, 1.165) is 10.9 Å². The summed E-state index contributed by atoms with van der Waals surface area (Å²) in [5.41, 5.74) is 1.51. The molecule has 1 aromatic heterocycles. The van der Waals surface area contributed by atoms with Gasteiger partial charge >= 0.3 is 0 Å². The van der Waals surface area contributed by atoms with E-state index in [4.69, 9.17) is 9.15 Å². The summed E-state index contributed by atoms with van der Waals surface area (Å²) in [6.45, 7) is 0.443. The highest BCUT2D eigenvalue weighted by Gasteiger charge is 2.14. The number of halogens is 1. The number of methoxy groups -OCH3 is 1. The molecule has 1 amide bonds. The van der Waals surface area contributed by atoms with Crippen molar-refractivity contribution in [2.24, 2.45) is 0 Å². The Hall–Kier alpha value is -2.82. The lowest BCUT2D eigenvalue weighted by atomic mass is 10.1. The summed E-state index contributed by atoms with van der Waals surface area (Å²) in [6.07, 6.45) is 0.621. The van der Waals surface area contributed by atoms with Gasteiger partial charge in [0.15, 0.2) is 17.1 Å². The monoisotopic (exact) mass is 313 g/mol. The molecule has 0 fully saturated rings. The van der Waals surface area contributed by atoms with Crippen LogP contribution in [-0.2, 0) is 6.42 Å². The molecule has 1 N–H and O–H groups in total. The second-order valence-corrected chi connectivity index (χ2v) is 5.12. The van der Waals surface area contributed by atoms with Crippen molar-refractivity contribution in [1.82, 2.24) is 5.32 Å². The van der Waals surface area contributed by atoms with E-state index in [-0.39, 0.29) is 17.5 Å². The summed E-state index contributed by atoms with van der Waals surface area (Å²) in [6, 6.07) is 13.4. The van der Waals surface area contributed by atoms with Crippen molar-refractivity contribution in [2.75, 3.05) is 13.7 Å². The van der Waals surface area contributed by atoms with Crippen molar-refractivity contribution in [2.45, 2.75) is 6.42 Å². The molecule has 0 saturated heterocycles. The van der Waals surface area contributed by atoms with Crippen molar-refractivity contribution in [1.29, 1.82) is 0 Å². The number of rotatable bonds is 5. The minimum atomic E-state index is -0.287. The first kappa shape index (κ1) is 15.1. The van der Waals surface area contributed by atoms with Crippen LogP contribution in [0.5, 0.6) is 5.75 Å². The highest BCUT2D eigenvalue weighted by atomic mass is 19.1. The SMILES string of the molecule is COc1cccc2cc(C(=O)NCCc3ccc(F)cc3)oc12. The third kappa shape index (κ3) is 3.34. The molecule has 0 saturated carbocycles. The standard InChI is InChI=1S/C18H16FNO3/c1-22-15-4-2-3-13-11-16(23-17(13)15)18(21)20-10-9-12-5-7-14(19)8-6-12/h2-8,11H,9-10H2,1H3,(H,20,21). The molecule has 5 heteroatoms. The van der Waals surface area contributed by atoms with Gasteiger partial charge in [-0.1, -0.05) is 24.3 Å². The number of hydrogen-bond donors (Lipinski definition) is 1. The number of nitrogens with one attached hydrogen (secondary N) is 1. The van der Waals surface area contributed by atoms with E-state index in [1.165, 1.54) is 12.1 Å². The zero-order valence-electron chi connectivity index (χ0n) is 12.6. The summed E-state index contributed by atoms with van der Waals surface area (Å²) < 4.78 is 23.6. The van der Waals surface area contributed by atoms with Crippen LogP contribution in [-0.4, -0.2) is 19.6 Å². The smallest absolute Gasteiger partial charge is 0.287 e. The van der Waals surface area contributed by atoms with E-state index in [1.807, 2.05) is 12.1 Å². The minimum Gasteiger partial charge on any atom is -0.493 e. The van der Waals surface area contributed by atoms with Gasteiger partial charge in [0.25, 0.3) is 5.91 Å². The summed E-state index contributed by atoms with van der Waals surface area (Å²) in [4.78, 5) is 12.2. The zero-order chi connectivity index (χ0) is 16.2. The number of carbonyl (C=O) groups is 1. The lowest BCUT2D eigenvalue weighted by Crippen LogP contribution is -2.25. The van der Waals surface area contributed by atoms with Gasteiger partial charge in [-0.3, -0.25) is 4.79 Å². The second kappa shape index (κ2) is 6.52. The molecule has 2 aromatic carbocycles. The number of hydrogen-bond acceptors (Lipinski definition) is 3. The fourth-order valence-electron chi connectivity index (χ4n) is 2.37. The Morgan fingerprint density at radius 1 is 1.22 bits per heavy atom. The van der Waals surface area contributed by atoms with Gasteiger partial charge in [-0.2, -0.15) is 0 Å². The Balaban J connectivity index is 1.65. The maximum atomic E-state index is 12.8. The maximum Gasteiger partial charge on any atom is 0.287 e. The van der Waals surface area contributed by atoms with Crippen LogP contribution in [0.2, 0.25) is 0 Å². The zero-order valence-corrected chi connectivity index (χ0v) is 12.6. The summed E-state index contributed by atoms with van der Waals surface area (Å²) in [7, 11) is 1.56. The molecule has 118 valence electrons. The quantitative estimate of drug-likeness (QED) is 0.783. The Bertz CT molecular complexity index is 824. The number of ether oxygens (including phenoxy) is 1. The summed E-state index contributed by atoms with van der Waals surface area (Å²) in [5.74, 6) is 0.274. The third-order valence-electron chi connectivity index (χ3n) is 3.56. The van der Waals surface area contributed by atoms with Crippen molar-refractivity contribution >= 4 is 16.9 Å². The van der Waals surface area contributed by atoms with E-state index >= 15 is 0 Å². The van der Waals surface area contributed by atoms with Crippen LogP contribution in [0.3, 0.4) is 0 Å². The number of benzene rings is 2. The Morgan fingerprint density at radius 2 is 2.00 bits per heavy atom. The molecule has 23 heavy (non-hydrogen) atoms. The number of furan rings is 1. The molecule has 0 aliphatic rings. The maximum absolute atomic E-state index is 12.8. The Morgan fingerprint density at radius 3 is 2.74 bits per heavy atom. The fourth-order valence-corrected chi connectivity index (χ4v) is 2.37. The molecule has 4 nitrogen and oxygen atoms in total. The summed E-state index contributed by atoms with van der Waals surface area (Å²) >= 11 is 0. The molecule has 0 atom stereocenters. The van der Waals surface area contributed by atoms with Gasteiger partial charge in [-0.15, -0.1) is 0 Å². The van der Waals surface area contributed by atoms with Gasteiger partial charge in [0.2, 0.25) is 0 Å². The lowest BCUT2D eigenvalue weighted by molar-refractivity contribution is 0.0928. The van der Waals surface area contributed by atoms with Crippen LogP contribution < -0.4 is 10.1 Å². The van der Waals surface area contributed by atoms with E-state index < -0.39 is 0 Å². The molecule has 0 spiro atoms. The van der Waals surface area contributed by atoms with Crippen LogP contribution in [0.25, 0.3) is 11.0 Å². The molecule has 0 radical (unpaired) electrons. The molecular weight excluding hydrogens is 297 g/mol. The highest BCUT2D eigenvalue weighted by molar-refractivity contribution is 5.97. The predicted octanol–water partition coefficient (Wildman–Crippen LogP) is 3.55. The highest BCUT2D eigenvalue weighted by Crippen LogP contribution is 2.28. The molecule has 0 aliphatic heterocycles. The van der Waals surface area contributed by atoms with Crippen molar-refractivity contribution in [3.05, 3.63) is 65.7 Å². The van der Waals surface area contributed by atoms with Gasteiger partial charge < -0.3 is 14.5 Å². The first-order valence-corrected chi connectivity index (χ1v) is 7.26. The number of para-hydroxylation sites is 1. The fraction of sp³-hybridized carbons (Fsp3) is 0.167. The van der Waals surface area contributed by atoms with Crippen molar-refractivity contribution < 1.29 is 18.3 Å². The van der Waals surface area contributed by atoms with Gasteiger partial charge in [-0.05, 0) is 36.2 Å². The van der Waals surface area contributed by atoms with Crippen molar-refractivity contribution in [3.63, 3.8) is 0 Å². The van der Waals surface area contributed by atoms with E-state index in [9.17, 15) is 9.18 Å². The Kier molecular flexibility index (Phi) is 4.28. The lowest BCUT2D eigenvalue weighted by Gasteiger charge is -2.03. The number of amides is 1. The molecule has 1 heterocycles. The number of fused-ring (bicyclic) bond motifs is 1. The molecular formula is C18H16FNO3. The molecule has 3 rings (SSSR count). The van der Waals surface area contributed by atoms with Crippen LogP contribution in [0, 0.1) is 5.82 Å². The average Bonchev–Trinajstić information content (AvgIpc) is 3.01. The van der Waals surface area contributed by atoms with E-state index in [2.05, 4.69) is 5.32 Å². The minimum absolute atomic E-state index is 0.239. The number of carbonyl (C=O) groups excluding carboxylic acids is 1. The first-order chi connectivity index (χ1) is 11.2.